The number of aliphatic imine (C=N–C) groups is 1. The number of carbonyl (C=O) groups excluding carboxylic acids is 2. The molecule has 2 atom stereocenters. The lowest BCUT2D eigenvalue weighted by Gasteiger charge is -2.31. The summed E-state index contributed by atoms with van der Waals surface area (Å²) in [7, 11) is 0. The minimum absolute atomic E-state index is 0.0813. The molecule has 1 unspecified atom stereocenters. The largest absolute Gasteiger partial charge is 0.465 e. The summed E-state index contributed by atoms with van der Waals surface area (Å²) < 4.78 is 4.97. The zero-order valence-electron chi connectivity index (χ0n) is 16.8. The summed E-state index contributed by atoms with van der Waals surface area (Å²) in [5, 5.41) is 10.5. The molecule has 148 valence electrons. The maximum absolute atomic E-state index is 13.2. The van der Waals surface area contributed by atoms with Crippen LogP contribution >= 0.6 is 11.8 Å². The minimum atomic E-state index is -0.548. The van der Waals surface area contributed by atoms with Crippen LogP contribution < -0.4 is 0 Å². The molecule has 0 saturated heterocycles. The Bertz CT molecular complexity index is 822. The number of esters is 1. The third kappa shape index (κ3) is 5.32. The molecule has 5 nitrogen and oxygen atoms in total. The molecule has 0 bridgehead atoms. The average Bonchev–Trinajstić information content (AvgIpc) is 2.66. The number of carbonyl (C=O) groups is 2. The number of hydrogen-bond donors (Lipinski definition) is 0. The predicted octanol–water partition coefficient (Wildman–Crippen LogP) is 4.65. The number of thioether (sulfide) groups is 1. The van der Waals surface area contributed by atoms with Crippen molar-refractivity contribution >= 4 is 28.6 Å². The molecule has 1 aromatic rings. The Balaban J connectivity index is 2.42. The molecule has 1 heterocycles. The van der Waals surface area contributed by atoms with Gasteiger partial charge in [-0.2, -0.15) is 5.26 Å². The number of benzene rings is 1. The van der Waals surface area contributed by atoms with Crippen molar-refractivity contribution in [2.45, 2.75) is 34.1 Å². The smallest absolute Gasteiger partial charge is 0.316 e. The van der Waals surface area contributed by atoms with Crippen LogP contribution in [-0.4, -0.2) is 29.2 Å². The van der Waals surface area contributed by atoms with Crippen LogP contribution in [0.1, 0.15) is 44.5 Å². The number of ketones is 1. The summed E-state index contributed by atoms with van der Waals surface area (Å²) in [5.41, 5.74) is 1.82. The Hall–Kier alpha value is -2.39. The Labute approximate surface area is 170 Å². The molecule has 1 aliphatic heterocycles. The van der Waals surface area contributed by atoms with Gasteiger partial charge in [-0.1, -0.05) is 55.9 Å². The van der Waals surface area contributed by atoms with Gasteiger partial charge in [0.05, 0.1) is 23.5 Å². The first-order valence-corrected chi connectivity index (χ1v) is 10.4. The van der Waals surface area contributed by atoms with Crippen LogP contribution in [0.4, 0.5) is 0 Å². The van der Waals surface area contributed by atoms with E-state index in [4.69, 9.17) is 4.74 Å². The SMILES string of the molecule is CCOC(=O)CSC1=NC(C)=C(C(=O)c2ccccc2)[C@@H](CC(C)C)C1C#N. The predicted molar refractivity (Wildman–Crippen MR) is 112 cm³/mol. The average molecular weight is 399 g/mol. The van der Waals surface area contributed by atoms with Crippen LogP contribution in [-0.2, 0) is 9.53 Å². The molecule has 0 N–H and O–H groups in total. The highest BCUT2D eigenvalue weighted by Gasteiger charge is 2.38. The second-order valence-corrected chi connectivity index (χ2v) is 8.08. The molecule has 0 fully saturated rings. The van der Waals surface area contributed by atoms with E-state index < -0.39 is 5.92 Å². The van der Waals surface area contributed by atoms with Crippen molar-refractivity contribution < 1.29 is 14.3 Å². The standard InChI is InChI=1S/C22H26N2O3S/c1-5-27-19(25)13-28-22-18(12-23)17(11-14(2)3)20(15(4)24-22)21(26)16-9-7-6-8-10-16/h6-10,14,17-18H,5,11,13H2,1-4H3/t17-,18?/m0/s1. The molecule has 1 aliphatic rings. The number of nitriles is 1. The monoisotopic (exact) mass is 398 g/mol. The van der Waals surface area contributed by atoms with E-state index in [2.05, 4.69) is 24.9 Å². The molecular formula is C22H26N2O3S. The van der Waals surface area contributed by atoms with E-state index in [-0.39, 0.29) is 23.4 Å². The molecule has 2 rings (SSSR count). The molecule has 0 saturated carbocycles. The zero-order chi connectivity index (χ0) is 20.7. The van der Waals surface area contributed by atoms with Gasteiger partial charge in [0.25, 0.3) is 0 Å². The molecule has 0 aliphatic carbocycles. The van der Waals surface area contributed by atoms with Gasteiger partial charge in [0.2, 0.25) is 0 Å². The number of rotatable bonds is 7. The quantitative estimate of drug-likeness (QED) is 0.493. The maximum Gasteiger partial charge on any atom is 0.316 e. The fourth-order valence-corrected chi connectivity index (χ4v) is 4.29. The third-order valence-electron chi connectivity index (χ3n) is 4.50. The minimum Gasteiger partial charge on any atom is -0.465 e. The lowest BCUT2D eigenvalue weighted by molar-refractivity contribution is -0.139. The number of ether oxygens (including phenoxy) is 1. The van der Waals surface area contributed by atoms with Crippen molar-refractivity contribution in [2.24, 2.45) is 22.7 Å². The van der Waals surface area contributed by atoms with E-state index in [0.717, 1.165) is 0 Å². The highest BCUT2D eigenvalue weighted by Crippen LogP contribution is 2.39. The third-order valence-corrected chi connectivity index (χ3v) is 5.52. The summed E-state index contributed by atoms with van der Waals surface area (Å²) in [4.78, 5) is 29.5. The van der Waals surface area contributed by atoms with Gasteiger partial charge in [0.1, 0.15) is 5.92 Å². The summed E-state index contributed by atoms with van der Waals surface area (Å²) in [6.07, 6.45) is 0.697. The van der Waals surface area contributed by atoms with Crippen molar-refractivity contribution in [3.63, 3.8) is 0 Å². The molecule has 6 heteroatoms. The van der Waals surface area contributed by atoms with Crippen molar-refractivity contribution in [3.8, 4) is 6.07 Å². The van der Waals surface area contributed by atoms with Gasteiger partial charge in [-0.15, -0.1) is 0 Å². The van der Waals surface area contributed by atoms with Crippen LogP contribution in [0.3, 0.4) is 0 Å². The van der Waals surface area contributed by atoms with Gasteiger partial charge in [-0.3, -0.25) is 9.59 Å². The van der Waals surface area contributed by atoms with Gasteiger partial charge in [0, 0.05) is 22.8 Å². The van der Waals surface area contributed by atoms with Gasteiger partial charge in [0.15, 0.2) is 5.78 Å². The maximum atomic E-state index is 13.2. The highest BCUT2D eigenvalue weighted by molar-refractivity contribution is 8.14. The Morgan fingerprint density at radius 2 is 1.96 bits per heavy atom. The molecule has 1 aromatic carbocycles. The molecule has 0 amide bonds. The van der Waals surface area contributed by atoms with Crippen molar-refractivity contribution in [1.29, 1.82) is 5.26 Å². The highest BCUT2D eigenvalue weighted by atomic mass is 32.2. The molecular weight excluding hydrogens is 372 g/mol. The summed E-state index contributed by atoms with van der Waals surface area (Å²) >= 11 is 1.23. The van der Waals surface area contributed by atoms with E-state index in [1.807, 2.05) is 25.1 Å². The molecule has 0 aromatic heterocycles. The molecule has 0 spiro atoms. The van der Waals surface area contributed by atoms with E-state index in [1.165, 1.54) is 11.8 Å². The van der Waals surface area contributed by atoms with Gasteiger partial charge in [-0.05, 0) is 26.2 Å². The van der Waals surface area contributed by atoms with Crippen molar-refractivity contribution in [3.05, 3.63) is 47.2 Å². The summed E-state index contributed by atoms with van der Waals surface area (Å²) in [6.45, 7) is 8.03. The number of hydrogen-bond acceptors (Lipinski definition) is 6. The zero-order valence-corrected chi connectivity index (χ0v) is 17.6. The van der Waals surface area contributed by atoms with Gasteiger partial charge < -0.3 is 4.74 Å². The fraction of sp³-hybridized carbons (Fsp3) is 0.455. The lowest BCUT2D eigenvalue weighted by Crippen LogP contribution is -2.31. The van der Waals surface area contributed by atoms with Gasteiger partial charge >= 0.3 is 5.97 Å². The number of nitrogens with zero attached hydrogens (tertiary/aromatic N) is 2. The van der Waals surface area contributed by atoms with E-state index >= 15 is 0 Å². The van der Waals surface area contributed by atoms with Crippen LogP contribution in [0.15, 0.2) is 46.6 Å². The second-order valence-electron chi connectivity index (χ2n) is 7.08. The normalized spacial score (nSPS) is 19.2. The van der Waals surface area contributed by atoms with Gasteiger partial charge in [-0.25, -0.2) is 4.99 Å². The Morgan fingerprint density at radius 1 is 1.29 bits per heavy atom. The summed E-state index contributed by atoms with van der Waals surface area (Å²) in [6, 6.07) is 11.4. The van der Waals surface area contributed by atoms with Crippen molar-refractivity contribution in [1.82, 2.24) is 0 Å². The first-order valence-electron chi connectivity index (χ1n) is 9.46. The Morgan fingerprint density at radius 3 is 2.54 bits per heavy atom. The summed E-state index contributed by atoms with van der Waals surface area (Å²) in [5.74, 6) is -0.800. The molecule has 28 heavy (non-hydrogen) atoms. The van der Waals surface area contributed by atoms with Crippen LogP contribution in [0.2, 0.25) is 0 Å². The molecule has 0 radical (unpaired) electrons. The van der Waals surface area contributed by atoms with E-state index in [9.17, 15) is 14.9 Å². The van der Waals surface area contributed by atoms with Crippen LogP contribution in [0.5, 0.6) is 0 Å². The first-order chi connectivity index (χ1) is 13.4. The topological polar surface area (TPSA) is 79.5 Å². The van der Waals surface area contributed by atoms with Crippen LogP contribution in [0.25, 0.3) is 0 Å². The Kier molecular flexibility index (Phi) is 8.01. The number of Topliss-reactive ketones (excluding diaryl/α,β-unsaturated/α-hetero) is 1. The second kappa shape index (κ2) is 10.2. The van der Waals surface area contributed by atoms with E-state index in [1.54, 1.807) is 19.1 Å². The first kappa shape index (κ1) is 21.9. The van der Waals surface area contributed by atoms with Crippen molar-refractivity contribution in [2.75, 3.05) is 12.4 Å². The lowest BCUT2D eigenvalue weighted by atomic mass is 9.76. The van der Waals surface area contributed by atoms with E-state index in [0.29, 0.717) is 40.8 Å². The number of allylic oxidation sites excluding steroid dienone is 2. The fourth-order valence-electron chi connectivity index (χ4n) is 3.34. The van der Waals surface area contributed by atoms with Crippen LogP contribution in [0, 0.1) is 29.1 Å².